The number of rotatable bonds is 3. The van der Waals surface area contributed by atoms with Crippen LogP contribution in [-0.4, -0.2) is 36.5 Å². The molecule has 0 spiro atoms. The first-order valence-electron chi connectivity index (χ1n) is 6.80. The molecule has 5 heteroatoms. The largest absolute Gasteiger partial charge is 0.366 e. The normalized spacial score (nSPS) is 22.5. The summed E-state index contributed by atoms with van der Waals surface area (Å²) in [5.41, 5.74) is 6.59. The van der Waals surface area contributed by atoms with Crippen molar-refractivity contribution in [1.29, 1.82) is 0 Å². The molecule has 0 bridgehead atoms. The first-order chi connectivity index (χ1) is 9.11. The summed E-state index contributed by atoms with van der Waals surface area (Å²) in [6.07, 6.45) is 0.00676. The zero-order valence-electron chi connectivity index (χ0n) is 12.0. The van der Waals surface area contributed by atoms with E-state index in [4.69, 9.17) is 10.5 Å². The molecule has 1 aliphatic heterocycles. The third kappa shape index (κ3) is 3.95. The molecule has 2 atom stereocenters. The molecule has 0 radical (unpaired) electrons. The first-order valence-corrected chi connectivity index (χ1v) is 6.80. The van der Waals surface area contributed by atoms with Crippen LogP contribution in [0.1, 0.15) is 25.5 Å². The molecule has 0 unspecified atom stereocenters. The molecule has 112 valence electrons. The van der Waals surface area contributed by atoms with Crippen LogP contribution in [0.2, 0.25) is 0 Å². The number of carbonyl (C=O) groups is 1. The van der Waals surface area contributed by atoms with Gasteiger partial charge in [0.05, 0.1) is 19.2 Å². The molecule has 1 amide bonds. The van der Waals surface area contributed by atoms with E-state index in [9.17, 15) is 4.79 Å². The minimum atomic E-state index is -0.0575. The highest BCUT2D eigenvalue weighted by molar-refractivity contribution is 5.85. The molecule has 1 aliphatic rings. The molecule has 1 fully saturated rings. The summed E-state index contributed by atoms with van der Waals surface area (Å²) in [5.74, 6) is 0.370. The van der Waals surface area contributed by atoms with Crippen molar-refractivity contribution in [2.24, 2.45) is 11.7 Å². The SMILES string of the molecule is CC(C)[C@H]1CN(C(=O)CN)C[C@@H](c2ccccc2)O1.Cl. The number of nitrogens with two attached hydrogens (primary N) is 1. The number of ether oxygens (including phenoxy) is 1. The number of carbonyl (C=O) groups excluding carboxylic acids is 1. The fraction of sp³-hybridized carbons (Fsp3) is 0.533. The van der Waals surface area contributed by atoms with Gasteiger partial charge in [-0.3, -0.25) is 4.79 Å². The van der Waals surface area contributed by atoms with Crippen LogP contribution in [0, 0.1) is 5.92 Å². The van der Waals surface area contributed by atoms with Crippen LogP contribution in [-0.2, 0) is 9.53 Å². The number of nitrogens with zero attached hydrogens (tertiary/aromatic N) is 1. The van der Waals surface area contributed by atoms with Crippen LogP contribution in [0.4, 0.5) is 0 Å². The van der Waals surface area contributed by atoms with Gasteiger partial charge in [-0.25, -0.2) is 0 Å². The fourth-order valence-corrected chi connectivity index (χ4v) is 2.34. The van der Waals surface area contributed by atoms with E-state index in [1.165, 1.54) is 0 Å². The lowest BCUT2D eigenvalue weighted by Crippen LogP contribution is -2.50. The third-order valence-corrected chi connectivity index (χ3v) is 3.57. The first kappa shape index (κ1) is 17.0. The molecular weight excluding hydrogens is 276 g/mol. The molecule has 0 aromatic heterocycles. The van der Waals surface area contributed by atoms with E-state index < -0.39 is 0 Å². The molecule has 2 N–H and O–H groups in total. The van der Waals surface area contributed by atoms with Crippen molar-refractivity contribution in [3.8, 4) is 0 Å². The number of morpholine rings is 1. The van der Waals surface area contributed by atoms with Gasteiger partial charge in [0.15, 0.2) is 0 Å². The van der Waals surface area contributed by atoms with Crippen LogP contribution >= 0.6 is 12.4 Å². The number of amides is 1. The summed E-state index contributed by atoms with van der Waals surface area (Å²) in [6, 6.07) is 10.0. The summed E-state index contributed by atoms with van der Waals surface area (Å²) in [4.78, 5) is 13.7. The smallest absolute Gasteiger partial charge is 0.236 e. The lowest BCUT2D eigenvalue weighted by molar-refractivity contribution is -0.148. The lowest BCUT2D eigenvalue weighted by atomic mass is 10.0. The average Bonchev–Trinajstić information content (AvgIpc) is 2.46. The van der Waals surface area contributed by atoms with Gasteiger partial charge in [-0.15, -0.1) is 12.4 Å². The van der Waals surface area contributed by atoms with E-state index in [0.717, 1.165) is 5.56 Å². The summed E-state index contributed by atoms with van der Waals surface area (Å²) < 4.78 is 6.12. The summed E-state index contributed by atoms with van der Waals surface area (Å²) >= 11 is 0. The van der Waals surface area contributed by atoms with E-state index >= 15 is 0 Å². The Morgan fingerprint density at radius 2 is 2.00 bits per heavy atom. The second-order valence-corrected chi connectivity index (χ2v) is 5.32. The van der Waals surface area contributed by atoms with Crippen LogP contribution in [0.5, 0.6) is 0 Å². The molecule has 0 aliphatic carbocycles. The molecular formula is C15H23ClN2O2. The van der Waals surface area contributed by atoms with Crippen molar-refractivity contribution < 1.29 is 9.53 Å². The predicted octanol–water partition coefficient (Wildman–Crippen LogP) is 1.99. The van der Waals surface area contributed by atoms with Crippen molar-refractivity contribution in [2.75, 3.05) is 19.6 Å². The van der Waals surface area contributed by atoms with Crippen LogP contribution in [0.25, 0.3) is 0 Å². The molecule has 1 aromatic carbocycles. The Balaban J connectivity index is 0.00000200. The van der Waals surface area contributed by atoms with Gasteiger partial charge in [0, 0.05) is 6.54 Å². The number of hydrogen-bond donors (Lipinski definition) is 1. The van der Waals surface area contributed by atoms with Gasteiger partial charge in [0.2, 0.25) is 5.91 Å². The summed E-state index contributed by atoms with van der Waals surface area (Å²) in [6.45, 7) is 5.51. The van der Waals surface area contributed by atoms with Crippen LogP contribution in [0.3, 0.4) is 0 Å². The van der Waals surface area contributed by atoms with Crippen molar-refractivity contribution in [2.45, 2.75) is 26.1 Å². The van der Waals surface area contributed by atoms with Crippen molar-refractivity contribution in [3.63, 3.8) is 0 Å². The van der Waals surface area contributed by atoms with Crippen molar-refractivity contribution in [3.05, 3.63) is 35.9 Å². The van der Waals surface area contributed by atoms with Gasteiger partial charge in [-0.2, -0.15) is 0 Å². The maximum atomic E-state index is 11.9. The van der Waals surface area contributed by atoms with Gasteiger partial charge in [-0.05, 0) is 11.5 Å². The van der Waals surface area contributed by atoms with E-state index in [-0.39, 0.29) is 37.1 Å². The Kier molecular flexibility index (Phi) is 6.46. The number of benzene rings is 1. The maximum absolute atomic E-state index is 11.9. The predicted molar refractivity (Wildman–Crippen MR) is 81.8 cm³/mol. The van der Waals surface area contributed by atoms with Gasteiger partial charge >= 0.3 is 0 Å². The third-order valence-electron chi connectivity index (χ3n) is 3.57. The highest BCUT2D eigenvalue weighted by atomic mass is 35.5. The average molecular weight is 299 g/mol. The maximum Gasteiger partial charge on any atom is 0.236 e. The Morgan fingerprint density at radius 3 is 2.55 bits per heavy atom. The van der Waals surface area contributed by atoms with Gasteiger partial charge in [0.1, 0.15) is 6.10 Å². The van der Waals surface area contributed by atoms with Gasteiger partial charge in [-0.1, -0.05) is 44.2 Å². The standard InChI is InChI=1S/C15H22N2O2.ClH/c1-11(2)13-9-17(15(18)8-16)10-14(19-13)12-6-4-3-5-7-12;/h3-7,11,13-14H,8-10,16H2,1-2H3;1H/t13-,14+;/m1./s1. The van der Waals surface area contributed by atoms with Crippen molar-refractivity contribution >= 4 is 18.3 Å². The molecule has 1 saturated heterocycles. The van der Waals surface area contributed by atoms with Crippen LogP contribution < -0.4 is 5.73 Å². The zero-order chi connectivity index (χ0) is 13.8. The molecule has 4 nitrogen and oxygen atoms in total. The van der Waals surface area contributed by atoms with Crippen LogP contribution in [0.15, 0.2) is 30.3 Å². The minimum Gasteiger partial charge on any atom is -0.366 e. The van der Waals surface area contributed by atoms with E-state index in [2.05, 4.69) is 13.8 Å². The Morgan fingerprint density at radius 1 is 1.35 bits per heavy atom. The van der Waals surface area contributed by atoms with Gasteiger partial charge in [0.25, 0.3) is 0 Å². The number of halogens is 1. The fourth-order valence-electron chi connectivity index (χ4n) is 2.34. The Hall–Kier alpha value is -1.10. The highest BCUT2D eigenvalue weighted by Gasteiger charge is 2.32. The Labute approximate surface area is 126 Å². The topological polar surface area (TPSA) is 55.6 Å². The molecule has 2 rings (SSSR count). The molecule has 20 heavy (non-hydrogen) atoms. The van der Waals surface area contributed by atoms with E-state index in [1.54, 1.807) is 0 Å². The van der Waals surface area contributed by atoms with Gasteiger partial charge < -0.3 is 15.4 Å². The molecule has 1 aromatic rings. The monoisotopic (exact) mass is 298 g/mol. The summed E-state index contributed by atoms with van der Waals surface area (Å²) in [5, 5.41) is 0. The second-order valence-electron chi connectivity index (χ2n) is 5.32. The van der Waals surface area contributed by atoms with E-state index in [1.807, 2.05) is 35.2 Å². The second kappa shape index (κ2) is 7.62. The van der Waals surface area contributed by atoms with E-state index in [0.29, 0.717) is 19.0 Å². The summed E-state index contributed by atoms with van der Waals surface area (Å²) in [7, 11) is 0. The molecule has 0 saturated carbocycles. The quantitative estimate of drug-likeness (QED) is 0.928. The molecule has 1 heterocycles. The lowest BCUT2D eigenvalue weighted by Gasteiger charge is -2.40. The number of hydrogen-bond acceptors (Lipinski definition) is 3. The van der Waals surface area contributed by atoms with Crippen molar-refractivity contribution in [1.82, 2.24) is 4.90 Å². The highest BCUT2D eigenvalue weighted by Crippen LogP contribution is 2.27. The minimum absolute atomic E-state index is 0. The Bertz CT molecular complexity index is 425. The zero-order valence-corrected chi connectivity index (χ0v) is 12.8.